The van der Waals surface area contributed by atoms with E-state index in [1.807, 2.05) is 41.2 Å². The Bertz CT molecular complexity index is 1200. The van der Waals surface area contributed by atoms with Gasteiger partial charge in [-0.1, -0.05) is 11.3 Å². The highest BCUT2D eigenvalue weighted by Gasteiger charge is 2.24. The van der Waals surface area contributed by atoms with Crippen LogP contribution < -0.4 is 15.5 Å². The van der Waals surface area contributed by atoms with Crippen LogP contribution in [0, 0.1) is 0 Å². The number of nitrogens with zero attached hydrogens (tertiary/aromatic N) is 6. The van der Waals surface area contributed by atoms with E-state index in [4.69, 9.17) is 0 Å². The van der Waals surface area contributed by atoms with Crippen molar-refractivity contribution >= 4 is 39.3 Å². The second-order valence-electron chi connectivity index (χ2n) is 7.93. The van der Waals surface area contributed by atoms with Crippen molar-refractivity contribution in [1.29, 1.82) is 0 Å². The Hall–Kier alpha value is -3.24. The van der Waals surface area contributed by atoms with Crippen LogP contribution in [-0.4, -0.2) is 54.9 Å². The van der Waals surface area contributed by atoms with Crippen molar-refractivity contribution in [1.82, 2.24) is 24.6 Å². The summed E-state index contributed by atoms with van der Waals surface area (Å²) in [7, 11) is 0. The van der Waals surface area contributed by atoms with E-state index in [0.717, 1.165) is 51.5 Å². The fourth-order valence-electron chi connectivity index (χ4n) is 3.63. The van der Waals surface area contributed by atoms with Gasteiger partial charge in [0.15, 0.2) is 5.01 Å². The number of β-amino-alcohol motifs (C(OH)–C–C–N with tert-alkyl or cyclic N) is 1. The van der Waals surface area contributed by atoms with Crippen molar-refractivity contribution in [2.24, 2.45) is 0 Å². The lowest BCUT2D eigenvalue weighted by atomic mass is 10.2. The highest BCUT2D eigenvalue weighted by Crippen LogP contribution is 2.35. The minimum atomic E-state index is -0.293. The number of hydrogen-bond donors (Lipinski definition) is 3. The summed E-state index contributed by atoms with van der Waals surface area (Å²) in [4.78, 5) is 11.0. The van der Waals surface area contributed by atoms with Gasteiger partial charge in [0.1, 0.15) is 11.5 Å². The first-order valence-electron chi connectivity index (χ1n) is 10.3. The first-order chi connectivity index (χ1) is 15.0. The van der Waals surface area contributed by atoms with Crippen LogP contribution in [0.5, 0.6) is 0 Å². The summed E-state index contributed by atoms with van der Waals surface area (Å²) in [6.07, 6.45) is 7.97. The maximum absolute atomic E-state index is 9.81. The number of fused-ring (bicyclic) bond motifs is 1. The van der Waals surface area contributed by atoms with E-state index in [0.29, 0.717) is 6.54 Å². The molecule has 0 aromatic carbocycles. The molecule has 1 atom stereocenters. The first kappa shape index (κ1) is 19.7. The molecule has 0 radical (unpaired) electrons. The summed E-state index contributed by atoms with van der Waals surface area (Å²) >= 11 is 1.52. The van der Waals surface area contributed by atoms with Gasteiger partial charge in [0.2, 0.25) is 5.13 Å². The molecule has 1 saturated heterocycles. The van der Waals surface area contributed by atoms with Gasteiger partial charge < -0.3 is 25.0 Å². The van der Waals surface area contributed by atoms with Crippen LogP contribution in [0.15, 0.2) is 43.0 Å². The van der Waals surface area contributed by atoms with Crippen molar-refractivity contribution < 1.29 is 5.11 Å². The summed E-state index contributed by atoms with van der Waals surface area (Å²) in [6, 6.07) is 6.18. The molecule has 0 aliphatic carbocycles. The topological polar surface area (TPSA) is 104 Å². The predicted molar refractivity (Wildman–Crippen MR) is 123 cm³/mol. The van der Waals surface area contributed by atoms with E-state index in [-0.39, 0.29) is 12.1 Å². The zero-order chi connectivity index (χ0) is 21.4. The number of hydrogen-bond acceptors (Lipinski definition) is 9. The molecule has 1 aliphatic heterocycles. The largest absolute Gasteiger partial charge is 0.391 e. The van der Waals surface area contributed by atoms with Crippen LogP contribution in [0.25, 0.3) is 16.2 Å². The summed E-state index contributed by atoms with van der Waals surface area (Å²) in [6.45, 7) is 5.60. The molecule has 5 rings (SSSR count). The third kappa shape index (κ3) is 4.17. The SMILES string of the molecule is CC(C)Nc1cc(Nc2ccc3nccn3c2)ncc1-c1nnc(N2CC[C@@H](O)C2)s1. The fraction of sp³-hybridized carbons (Fsp3) is 0.333. The number of imidazole rings is 1. The normalized spacial score (nSPS) is 16.4. The van der Waals surface area contributed by atoms with E-state index in [1.54, 1.807) is 6.20 Å². The summed E-state index contributed by atoms with van der Waals surface area (Å²) < 4.78 is 1.96. The van der Waals surface area contributed by atoms with Gasteiger partial charge in [-0.25, -0.2) is 9.97 Å². The lowest BCUT2D eigenvalue weighted by molar-refractivity contribution is 0.198. The summed E-state index contributed by atoms with van der Waals surface area (Å²) in [5, 5.41) is 27.1. The molecule has 31 heavy (non-hydrogen) atoms. The molecule has 160 valence electrons. The molecule has 10 heteroatoms. The van der Waals surface area contributed by atoms with Gasteiger partial charge in [0.05, 0.1) is 17.4 Å². The van der Waals surface area contributed by atoms with Crippen LogP contribution in [0.1, 0.15) is 20.3 Å². The van der Waals surface area contributed by atoms with Gasteiger partial charge >= 0.3 is 0 Å². The number of pyridine rings is 2. The third-order valence-electron chi connectivity index (χ3n) is 5.09. The molecule has 1 fully saturated rings. The van der Waals surface area contributed by atoms with Crippen molar-refractivity contribution in [2.45, 2.75) is 32.4 Å². The molecule has 0 bridgehead atoms. The Morgan fingerprint density at radius 1 is 1.23 bits per heavy atom. The Balaban J connectivity index is 1.43. The van der Waals surface area contributed by atoms with E-state index >= 15 is 0 Å². The third-order valence-corrected chi connectivity index (χ3v) is 6.11. The van der Waals surface area contributed by atoms with Gasteiger partial charge in [-0.2, -0.15) is 0 Å². The highest BCUT2D eigenvalue weighted by molar-refractivity contribution is 7.18. The standard InChI is InChI=1S/C21H24N8OS/c1-13(2)24-17-9-18(25-14-3-4-19-22-6-8-28(19)11-14)23-10-16(17)20-26-27-21(31-20)29-7-5-15(30)12-29/h3-4,6,8-11,13,15,30H,5,7,12H2,1-2H3,(H2,23,24,25)/t15-/m1/s1. The van der Waals surface area contributed by atoms with Gasteiger partial charge in [-0.15, -0.1) is 10.2 Å². The molecule has 0 saturated carbocycles. The minimum absolute atomic E-state index is 0.248. The number of aromatic nitrogens is 5. The zero-order valence-corrected chi connectivity index (χ0v) is 18.2. The molecule has 0 unspecified atom stereocenters. The molecule has 9 nitrogen and oxygen atoms in total. The maximum Gasteiger partial charge on any atom is 0.208 e. The Kier molecular flexibility index (Phi) is 5.16. The Morgan fingerprint density at radius 3 is 2.94 bits per heavy atom. The van der Waals surface area contributed by atoms with Crippen LogP contribution in [0.2, 0.25) is 0 Å². The van der Waals surface area contributed by atoms with Crippen molar-refractivity contribution in [3.05, 3.63) is 43.0 Å². The fourth-order valence-corrected chi connectivity index (χ4v) is 4.54. The molecule has 1 aliphatic rings. The smallest absolute Gasteiger partial charge is 0.208 e. The monoisotopic (exact) mass is 436 g/mol. The lowest BCUT2D eigenvalue weighted by Crippen LogP contribution is -2.20. The number of aliphatic hydroxyl groups excluding tert-OH is 1. The molecule has 4 aromatic rings. The molecule has 5 heterocycles. The molecule has 0 amide bonds. The quantitative estimate of drug-likeness (QED) is 0.423. The number of aliphatic hydroxyl groups is 1. The summed E-state index contributed by atoms with van der Waals surface area (Å²) in [5.41, 5.74) is 3.67. The maximum atomic E-state index is 9.81. The molecule has 0 spiro atoms. The first-order valence-corrected chi connectivity index (χ1v) is 11.1. The van der Waals surface area contributed by atoms with Gasteiger partial charge in [-0.05, 0) is 32.4 Å². The van der Waals surface area contributed by atoms with Crippen LogP contribution in [-0.2, 0) is 0 Å². The van der Waals surface area contributed by atoms with E-state index in [1.165, 1.54) is 11.3 Å². The second-order valence-corrected chi connectivity index (χ2v) is 8.88. The van der Waals surface area contributed by atoms with E-state index < -0.39 is 0 Å². The molecular weight excluding hydrogens is 412 g/mol. The summed E-state index contributed by atoms with van der Waals surface area (Å²) in [5.74, 6) is 0.735. The highest BCUT2D eigenvalue weighted by atomic mass is 32.1. The molecular formula is C21H24N8OS. The predicted octanol–water partition coefficient (Wildman–Crippen LogP) is 3.38. The van der Waals surface area contributed by atoms with E-state index in [2.05, 4.69) is 49.5 Å². The molecule has 4 aromatic heterocycles. The van der Waals surface area contributed by atoms with Gasteiger partial charge in [0.25, 0.3) is 0 Å². The molecule has 3 N–H and O–H groups in total. The number of rotatable bonds is 6. The van der Waals surface area contributed by atoms with Gasteiger partial charge in [-0.3, -0.25) is 0 Å². The van der Waals surface area contributed by atoms with Crippen molar-refractivity contribution in [2.75, 3.05) is 28.6 Å². The number of nitrogens with one attached hydrogen (secondary N) is 2. The average Bonchev–Trinajstić information content (AvgIpc) is 3.47. The lowest BCUT2D eigenvalue weighted by Gasteiger charge is -2.15. The van der Waals surface area contributed by atoms with Gasteiger partial charge in [0, 0.05) is 55.7 Å². The zero-order valence-electron chi connectivity index (χ0n) is 17.4. The van der Waals surface area contributed by atoms with Crippen molar-refractivity contribution in [3.8, 4) is 10.6 Å². The van der Waals surface area contributed by atoms with Crippen molar-refractivity contribution in [3.63, 3.8) is 0 Å². The minimum Gasteiger partial charge on any atom is -0.391 e. The second kappa shape index (κ2) is 8.12. The number of anilines is 4. The average molecular weight is 437 g/mol. The van der Waals surface area contributed by atoms with Crippen LogP contribution >= 0.6 is 11.3 Å². The van der Waals surface area contributed by atoms with Crippen LogP contribution in [0.4, 0.5) is 22.3 Å². The Labute approximate surface area is 183 Å². The Morgan fingerprint density at radius 2 is 2.13 bits per heavy atom. The van der Waals surface area contributed by atoms with Crippen LogP contribution in [0.3, 0.4) is 0 Å². The van der Waals surface area contributed by atoms with E-state index in [9.17, 15) is 5.11 Å².